The number of amides is 1. The molecule has 5 aromatic rings. The zero-order valence-corrected chi connectivity index (χ0v) is 19.6. The highest BCUT2D eigenvalue weighted by atomic mass is 35.5. The van der Waals surface area contributed by atoms with Crippen LogP contribution in [0.3, 0.4) is 0 Å². The Morgan fingerprint density at radius 3 is 2.86 bits per heavy atom. The number of thiophene rings is 1. The van der Waals surface area contributed by atoms with Crippen LogP contribution in [0.2, 0.25) is 5.02 Å². The number of aromatic nitrogens is 7. The van der Waals surface area contributed by atoms with E-state index >= 15 is 0 Å². The van der Waals surface area contributed by atoms with Crippen LogP contribution in [0, 0.1) is 0 Å². The van der Waals surface area contributed by atoms with Gasteiger partial charge in [0.25, 0.3) is 11.5 Å². The maximum absolute atomic E-state index is 13.3. The summed E-state index contributed by atoms with van der Waals surface area (Å²) in [5, 5.41) is 11.9. The van der Waals surface area contributed by atoms with Crippen LogP contribution in [0.5, 0.6) is 0 Å². The van der Waals surface area contributed by atoms with Crippen LogP contribution in [0.1, 0.15) is 33.7 Å². The van der Waals surface area contributed by atoms with Crippen molar-refractivity contribution in [2.24, 2.45) is 5.73 Å². The first-order valence-electron chi connectivity index (χ1n) is 10.7. The van der Waals surface area contributed by atoms with E-state index in [0.717, 1.165) is 45.9 Å². The number of carbonyl (C=O) groups excluding carboxylic acids is 1. The van der Waals surface area contributed by atoms with Gasteiger partial charge in [0.1, 0.15) is 12.2 Å². The van der Waals surface area contributed by atoms with Crippen LogP contribution in [0.15, 0.2) is 59.8 Å². The molecule has 6 rings (SSSR count). The molecule has 0 spiro atoms. The number of aromatic amines is 1. The predicted octanol–water partition coefficient (Wildman–Crippen LogP) is 3.23. The van der Waals surface area contributed by atoms with Crippen molar-refractivity contribution in [2.75, 3.05) is 0 Å². The molecule has 0 aliphatic carbocycles. The Morgan fingerprint density at radius 1 is 1.20 bits per heavy atom. The first kappa shape index (κ1) is 21.4. The minimum Gasteiger partial charge on any atom is -0.365 e. The van der Waals surface area contributed by atoms with Crippen molar-refractivity contribution in [3.8, 4) is 27.4 Å². The fourth-order valence-electron chi connectivity index (χ4n) is 4.47. The molecule has 12 heteroatoms. The summed E-state index contributed by atoms with van der Waals surface area (Å²) in [5.41, 5.74) is 9.15. The third-order valence-corrected chi connectivity index (χ3v) is 7.39. The maximum atomic E-state index is 13.3. The van der Waals surface area contributed by atoms with Crippen molar-refractivity contribution in [3.05, 3.63) is 86.8 Å². The number of primary amides is 1. The lowest BCUT2D eigenvalue weighted by Gasteiger charge is -2.15. The van der Waals surface area contributed by atoms with Crippen LogP contribution < -0.4 is 11.3 Å². The monoisotopic (exact) mass is 504 g/mol. The van der Waals surface area contributed by atoms with Gasteiger partial charge in [-0.3, -0.25) is 9.59 Å². The summed E-state index contributed by atoms with van der Waals surface area (Å²) in [6.45, 7) is 0. The molecule has 0 saturated carbocycles. The molecule has 1 aliphatic rings. The van der Waals surface area contributed by atoms with Gasteiger partial charge < -0.3 is 15.3 Å². The number of nitrogens with two attached hydrogens (primary N) is 1. The third-order valence-electron chi connectivity index (χ3n) is 6.02. The number of carbonyl (C=O) groups is 1. The summed E-state index contributed by atoms with van der Waals surface area (Å²) >= 11 is 7.58. The molecule has 35 heavy (non-hydrogen) atoms. The molecule has 1 aromatic carbocycles. The van der Waals surface area contributed by atoms with Crippen LogP contribution in [0.25, 0.3) is 27.4 Å². The smallest absolute Gasteiger partial charge is 0.258 e. The van der Waals surface area contributed by atoms with Gasteiger partial charge in [-0.25, -0.2) is 4.98 Å². The molecular weight excluding hydrogens is 488 g/mol. The second-order valence-corrected chi connectivity index (χ2v) is 9.64. The summed E-state index contributed by atoms with van der Waals surface area (Å²) in [6.07, 6.45) is 4.67. The van der Waals surface area contributed by atoms with Crippen molar-refractivity contribution in [2.45, 2.75) is 18.9 Å². The Kier molecular flexibility index (Phi) is 5.08. The number of tetrazole rings is 1. The van der Waals surface area contributed by atoms with Crippen molar-refractivity contribution in [1.29, 1.82) is 0 Å². The zero-order valence-electron chi connectivity index (χ0n) is 18.1. The van der Waals surface area contributed by atoms with Crippen molar-refractivity contribution < 1.29 is 4.79 Å². The normalized spacial score (nSPS) is 14.8. The molecule has 10 nitrogen and oxygen atoms in total. The molecular formula is C23H17ClN8O2S. The molecule has 1 aliphatic heterocycles. The zero-order chi connectivity index (χ0) is 24.1. The summed E-state index contributed by atoms with van der Waals surface area (Å²) < 4.78 is 3.31. The van der Waals surface area contributed by atoms with E-state index in [1.165, 1.54) is 22.3 Å². The Hall–Kier alpha value is -4.09. The molecule has 0 unspecified atom stereocenters. The second kappa shape index (κ2) is 8.29. The van der Waals surface area contributed by atoms with Crippen LogP contribution in [-0.4, -0.2) is 40.6 Å². The number of nitrogens with zero attached hydrogens (tertiary/aromatic N) is 6. The standard InChI is InChI=1S/C23H17ClN8O2S/c24-13-1-3-17(31-11-27-29-30-31)15(9-13)12-7-14-2-4-18(32(14)21(33)8-12)23-26-10-16(28-23)19-5-6-20(35-19)22(25)34/h1,3,5-11,18H,2,4H2,(H2,25,34)(H,26,28)/t18-/m0/s1. The van der Waals surface area contributed by atoms with Crippen molar-refractivity contribution in [3.63, 3.8) is 0 Å². The number of benzene rings is 1. The number of nitrogens with one attached hydrogen (secondary N) is 1. The van der Waals surface area contributed by atoms with Gasteiger partial charge in [0.2, 0.25) is 0 Å². The van der Waals surface area contributed by atoms with Crippen LogP contribution >= 0.6 is 22.9 Å². The fourth-order valence-corrected chi connectivity index (χ4v) is 5.46. The summed E-state index contributed by atoms with van der Waals surface area (Å²) in [4.78, 5) is 33.9. The van der Waals surface area contributed by atoms with E-state index in [2.05, 4.69) is 25.5 Å². The molecule has 0 bridgehead atoms. The van der Waals surface area contributed by atoms with Crippen LogP contribution in [-0.2, 0) is 6.42 Å². The molecule has 0 radical (unpaired) electrons. The van der Waals surface area contributed by atoms with E-state index in [-0.39, 0.29) is 11.6 Å². The SMILES string of the molecule is NC(=O)c1ccc(-c2cnc([C@@H]3CCc4cc(-c5cc(Cl)ccc5-n5cnnn5)cc(=O)n43)[nH]2)s1. The molecule has 5 heterocycles. The van der Waals surface area contributed by atoms with Gasteiger partial charge in [-0.2, -0.15) is 4.68 Å². The maximum Gasteiger partial charge on any atom is 0.258 e. The van der Waals surface area contributed by atoms with Gasteiger partial charge in [0, 0.05) is 22.3 Å². The quantitative estimate of drug-likeness (QED) is 0.377. The molecule has 0 saturated heterocycles. The highest BCUT2D eigenvalue weighted by Gasteiger charge is 2.28. The number of imidazole rings is 1. The van der Waals surface area contributed by atoms with Gasteiger partial charge in [0.15, 0.2) is 0 Å². The largest absolute Gasteiger partial charge is 0.365 e. The number of halogens is 1. The average molecular weight is 505 g/mol. The molecule has 174 valence electrons. The Bertz CT molecular complexity index is 1640. The third kappa shape index (κ3) is 3.74. The van der Waals surface area contributed by atoms with Gasteiger partial charge in [-0.05, 0) is 65.2 Å². The second-order valence-electron chi connectivity index (χ2n) is 8.12. The predicted molar refractivity (Wildman–Crippen MR) is 131 cm³/mol. The minimum absolute atomic E-state index is 0.132. The Balaban J connectivity index is 1.37. The number of hydrogen-bond acceptors (Lipinski definition) is 7. The van der Waals surface area contributed by atoms with Gasteiger partial charge in [0.05, 0.1) is 33.4 Å². The van der Waals surface area contributed by atoms with E-state index in [0.29, 0.717) is 15.7 Å². The van der Waals surface area contributed by atoms with E-state index in [1.807, 2.05) is 18.2 Å². The minimum atomic E-state index is -0.462. The first-order valence-corrected chi connectivity index (χ1v) is 11.9. The van der Waals surface area contributed by atoms with E-state index < -0.39 is 5.91 Å². The number of fused-ring (bicyclic) bond motifs is 1. The number of hydrogen-bond donors (Lipinski definition) is 2. The fraction of sp³-hybridized carbons (Fsp3) is 0.130. The van der Waals surface area contributed by atoms with Crippen molar-refractivity contribution >= 4 is 28.8 Å². The molecule has 1 amide bonds. The number of rotatable bonds is 5. The van der Waals surface area contributed by atoms with E-state index in [1.54, 1.807) is 35.0 Å². The average Bonchev–Trinajstić information content (AvgIpc) is 3.64. The van der Waals surface area contributed by atoms with E-state index in [4.69, 9.17) is 17.3 Å². The van der Waals surface area contributed by atoms with E-state index in [9.17, 15) is 9.59 Å². The van der Waals surface area contributed by atoms with Gasteiger partial charge in [-0.15, -0.1) is 16.4 Å². The first-order chi connectivity index (χ1) is 17.0. The number of aryl methyl sites for hydroxylation is 1. The number of H-pyrrole nitrogens is 1. The van der Waals surface area contributed by atoms with Crippen LogP contribution in [0.4, 0.5) is 0 Å². The Labute approximate surface area is 207 Å². The summed E-state index contributed by atoms with van der Waals surface area (Å²) in [6, 6.07) is 12.3. The topological polar surface area (TPSA) is 137 Å². The highest BCUT2D eigenvalue weighted by molar-refractivity contribution is 7.17. The van der Waals surface area contributed by atoms with Crippen molar-refractivity contribution in [1.82, 2.24) is 34.7 Å². The molecule has 1 atom stereocenters. The Morgan fingerprint density at radius 2 is 2.09 bits per heavy atom. The molecule has 0 fully saturated rings. The van der Waals surface area contributed by atoms with Gasteiger partial charge >= 0.3 is 0 Å². The molecule has 3 N–H and O–H groups in total. The molecule has 4 aromatic heterocycles. The summed E-state index contributed by atoms with van der Waals surface area (Å²) in [7, 11) is 0. The number of pyridine rings is 1. The lowest BCUT2D eigenvalue weighted by molar-refractivity contribution is 0.100. The lowest BCUT2D eigenvalue weighted by Crippen LogP contribution is -2.23. The highest BCUT2D eigenvalue weighted by Crippen LogP contribution is 2.35. The summed E-state index contributed by atoms with van der Waals surface area (Å²) in [5.74, 6) is 0.232. The van der Waals surface area contributed by atoms with Gasteiger partial charge in [-0.1, -0.05) is 11.6 Å². The lowest BCUT2D eigenvalue weighted by atomic mass is 10.0.